The lowest BCUT2D eigenvalue weighted by atomic mass is 10.1. The Morgan fingerprint density at radius 1 is 1.44 bits per heavy atom. The summed E-state index contributed by atoms with van der Waals surface area (Å²) in [4.78, 5) is 13.5. The van der Waals surface area contributed by atoms with Crippen molar-refractivity contribution in [3.63, 3.8) is 0 Å². The third kappa shape index (κ3) is 7.30. The largest absolute Gasteiger partial charge is 0.389 e. The van der Waals surface area contributed by atoms with E-state index in [2.05, 4.69) is 5.92 Å². The summed E-state index contributed by atoms with van der Waals surface area (Å²) in [5.74, 6) is 2.66. The Kier molecular flexibility index (Phi) is 6.83. The molecule has 0 saturated carbocycles. The minimum Gasteiger partial charge on any atom is -0.389 e. The van der Waals surface area contributed by atoms with Gasteiger partial charge in [0, 0.05) is 25.9 Å². The first-order chi connectivity index (χ1) is 7.40. The highest BCUT2D eigenvalue weighted by molar-refractivity contribution is 5.76. The maximum atomic E-state index is 11.8. The monoisotopic (exact) mass is 225 g/mol. The van der Waals surface area contributed by atoms with Crippen molar-refractivity contribution in [3.8, 4) is 12.3 Å². The van der Waals surface area contributed by atoms with Crippen LogP contribution in [0.4, 0.5) is 0 Å². The van der Waals surface area contributed by atoms with Crippen LogP contribution < -0.4 is 0 Å². The van der Waals surface area contributed by atoms with Crippen molar-refractivity contribution in [3.05, 3.63) is 0 Å². The van der Waals surface area contributed by atoms with Gasteiger partial charge in [-0.25, -0.2) is 0 Å². The number of aliphatic hydroxyl groups is 1. The van der Waals surface area contributed by atoms with Crippen molar-refractivity contribution in [2.24, 2.45) is 0 Å². The summed E-state index contributed by atoms with van der Waals surface area (Å²) >= 11 is 0. The number of rotatable bonds is 7. The van der Waals surface area contributed by atoms with Crippen molar-refractivity contribution in [2.75, 3.05) is 13.1 Å². The summed E-state index contributed by atoms with van der Waals surface area (Å²) in [6, 6.07) is 0. The van der Waals surface area contributed by atoms with Crippen LogP contribution in [-0.4, -0.2) is 34.6 Å². The predicted octanol–water partition coefficient (Wildman–Crippen LogP) is 1.80. The van der Waals surface area contributed by atoms with Gasteiger partial charge in [0.15, 0.2) is 0 Å². The van der Waals surface area contributed by atoms with Crippen molar-refractivity contribution in [1.82, 2.24) is 4.90 Å². The summed E-state index contributed by atoms with van der Waals surface area (Å²) < 4.78 is 0. The number of carbonyl (C=O) groups excluding carboxylic acids is 1. The molecule has 1 amide bonds. The lowest BCUT2D eigenvalue weighted by molar-refractivity contribution is -0.134. The van der Waals surface area contributed by atoms with Gasteiger partial charge in [0.1, 0.15) is 0 Å². The van der Waals surface area contributed by atoms with E-state index in [1.165, 1.54) is 0 Å². The fourth-order valence-electron chi connectivity index (χ4n) is 1.50. The molecule has 0 aromatic heterocycles. The number of hydrogen-bond acceptors (Lipinski definition) is 2. The molecule has 0 aliphatic heterocycles. The van der Waals surface area contributed by atoms with Gasteiger partial charge in [0.25, 0.3) is 0 Å². The minimum absolute atomic E-state index is 0.0987. The molecule has 3 nitrogen and oxygen atoms in total. The Morgan fingerprint density at radius 3 is 2.50 bits per heavy atom. The molecule has 0 radical (unpaired) electrons. The van der Waals surface area contributed by atoms with Gasteiger partial charge < -0.3 is 10.0 Å². The smallest absolute Gasteiger partial charge is 0.222 e. The van der Waals surface area contributed by atoms with Crippen LogP contribution >= 0.6 is 0 Å². The Labute approximate surface area is 98.8 Å². The lowest BCUT2D eigenvalue weighted by Crippen LogP contribution is -2.42. The molecule has 0 aliphatic rings. The molecule has 92 valence electrons. The summed E-state index contributed by atoms with van der Waals surface area (Å²) in [6.07, 6.45) is 8.10. The molecule has 0 rings (SSSR count). The van der Waals surface area contributed by atoms with E-state index in [-0.39, 0.29) is 5.91 Å². The lowest BCUT2D eigenvalue weighted by Gasteiger charge is -2.28. The Balaban J connectivity index is 3.98. The topological polar surface area (TPSA) is 40.5 Å². The molecule has 0 fully saturated rings. The third-order valence-corrected chi connectivity index (χ3v) is 2.27. The molecule has 3 heteroatoms. The van der Waals surface area contributed by atoms with Gasteiger partial charge in [-0.2, -0.15) is 0 Å². The fourth-order valence-corrected chi connectivity index (χ4v) is 1.50. The van der Waals surface area contributed by atoms with Gasteiger partial charge in [-0.05, 0) is 33.6 Å². The standard InChI is InChI=1S/C13H23NO2/c1-5-7-8-9-10-12(15)14(6-2)11-13(3,4)16/h1,16H,6-11H2,2-4H3. The molecule has 1 N–H and O–H groups in total. The molecule has 0 saturated heterocycles. The third-order valence-electron chi connectivity index (χ3n) is 2.27. The van der Waals surface area contributed by atoms with E-state index in [1.54, 1.807) is 18.7 Å². The minimum atomic E-state index is -0.829. The SMILES string of the molecule is C#CCCCCC(=O)N(CC)CC(C)(C)O. The van der Waals surface area contributed by atoms with Crippen LogP contribution in [0.5, 0.6) is 0 Å². The number of unbranched alkanes of at least 4 members (excludes halogenated alkanes) is 2. The highest BCUT2D eigenvalue weighted by Gasteiger charge is 2.20. The molecule has 0 spiro atoms. The molecular weight excluding hydrogens is 202 g/mol. The Hall–Kier alpha value is -1.01. The number of amides is 1. The van der Waals surface area contributed by atoms with E-state index in [0.29, 0.717) is 19.5 Å². The second-order valence-electron chi connectivity index (χ2n) is 4.63. The first-order valence-electron chi connectivity index (χ1n) is 5.84. The average Bonchev–Trinajstić information content (AvgIpc) is 2.19. The van der Waals surface area contributed by atoms with Crippen molar-refractivity contribution >= 4 is 5.91 Å². The first-order valence-corrected chi connectivity index (χ1v) is 5.84. The van der Waals surface area contributed by atoms with Crippen molar-refractivity contribution in [1.29, 1.82) is 0 Å². The summed E-state index contributed by atoms with van der Waals surface area (Å²) in [7, 11) is 0. The summed E-state index contributed by atoms with van der Waals surface area (Å²) in [5.41, 5.74) is -0.829. The van der Waals surface area contributed by atoms with Gasteiger partial charge in [-0.1, -0.05) is 0 Å². The zero-order valence-electron chi connectivity index (χ0n) is 10.6. The maximum Gasteiger partial charge on any atom is 0.222 e. The quantitative estimate of drug-likeness (QED) is 0.530. The predicted molar refractivity (Wildman–Crippen MR) is 65.9 cm³/mol. The van der Waals surface area contributed by atoms with Gasteiger partial charge in [-0.15, -0.1) is 12.3 Å². The highest BCUT2D eigenvalue weighted by atomic mass is 16.3. The number of terminal acetylenes is 1. The van der Waals surface area contributed by atoms with Gasteiger partial charge in [-0.3, -0.25) is 4.79 Å². The number of carbonyl (C=O) groups is 1. The number of likely N-dealkylation sites (N-methyl/N-ethyl adjacent to an activating group) is 1. The molecule has 0 unspecified atom stereocenters. The summed E-state index contributed by atoms with van der Waals surface area (Å²) in [5, 5.41) is 9.66. The van der Waals surface area contributed by atoms with Crippen LogP contribution in [-0.2, 0) is 4.79 Å². The van der Waals surface area contributed by atoms with Crippen LogP contribution in [0, 0.1) is 12.3 Å². The molecule has 0 aromatic carbocycles. The Bertz CT molecular complexity index is 248. The van der Waals surface area contributed by atoms with Gasteiger partial charge >= 0.3 is 0 Å². The second kappa shape index (κ2) is 7.29. The van der Waals surface area contributed by atoms with Crippen LogP contribution in [0.1, 0.15) is 46.5 Å². The molecule has 0 aromatic rings. The van der Waals surface area contributed by atoms with E-state index in [0.717, 1.165) is 19.3 Å². The van der Waals surface area contributed by atoms with Crippen LogP contribution in [0.15, 0.2) is 0 Å². The van der Waals surface area contributed by atoms with Crippen molar-refractivity contribution < 1.29 is 9.90 Å². The second-order valence-corrected chi connectivity index (χ2v) is 4.63. The Morgan fingerprint density at radius 2 is 2.06 bits per heavy atom. The van der Waals surface area contributed by atoms with Crippen LogP contribution in [0.2, 0.25) is 0 Å². The zero-order valence-corrected chi connectivity index (χ0v) is 10.6. The average molecular weight is 225 g/mol. The zero-order chi connectivity index (χ0) is 12.6. The van der Waals surface area contributed by atoms with Crippen LogP contribution in [0.25, 0.3) is 0 Å². The fraction of sp³-hybridized carbons (Fsp3) is 0.769. The molecule has 0 atom stereocenters. The van der Waals surface area contributed by atoms with Crippen LogP contribution in [0.3, 0.4) is 0 Å². The van der Waals surface area contributed by atoms with Crippen molar-refractivity contribution in [2.45, 2.75) is 52.1 Å². The van der Waals surface area contributed by atoms with Gasteiger partial charge in [0.05, 0.1) is 5.60 Å². The molecule has 0 bridgehead atoms. The normalized spacial score (nSPS) is 10.9. The summed E-state index contributed by atoms with van der Waals surface area (Å²) in [6.45, 7) is 6.36. The first kappa shape index (κ1) is 15.0. The highest BCUT2D eigenvalue weighted by Crippen LogP contribution is 2.08. The molecule has 0 heterocycles. The van der Waals surface area contributed by atoms with E-state index < -0.39 is 5.60 Å². The van der Waals surface area contributed by atoms with E-state index in [9.17, 15) is 9.90 Å². The number of nitrogens with zero attached hydrogens (tertiary/aromatic N) is 1. The molecule has 0 aliphatic carbocycles. The van der Waals surface area contributed by atoms with E-state index in [4.69, 9.17) is 6.42 Å². The molecular formula is C13H23NO2. The van der Waals surface area contributed by atoms with E-state index in [1.807, 2.05) is 6.92 Å². The number of hydrogen-bond donors (Lipinski definition) is 1. The molecule has 16 heavy (non-hydrogen) atoms. The maximum absolute atomic E-state index is 11.8. The van der Waals surface area contributed by atoms with Gasteiger partial charge in [0.2, 0.25) is 5.91 Å². The van der Waals surface area contributed by atoms with E-state index >= 15 is 0 Å².